The van der Waals surface area contributed by atoms with Gasteiger partial charge in [-0.25, -0.2) is 8.42 Å². The molecule has 18 aromatic carbocycles. The SMILES string of the molecule is Cc1cc2ccc3cc(C)cc4c3c2c(c1)n4-c1ccccc1.Cc1ccc2c(c1)S(=O)(=O)c1cc(C)ccc1-2.Cc1ccc2c(c1)[Si](C)(C)c1cc(C)ccc1-2.Cc1ccc2c(c1)c1cc(C)ccc1n2-c1ccccc1.Cc1ccc2c(c1)sc1cc(C)ccc12.Cc1ccc2c3ccc(C)cc3n(-c3ccccc3)c2c1.Cc1ccc2sc3ccc(C)cc3c2c1. The van der Waals surface area contributed by atoms with Crippen molar-refractivity contribution in [2.24, 2.45) is 0 Å². The Balaban J connectivity index is 0.0000000982. The zero-order valence-electron chi connectivity index (χ0n) is 76.3. The lowest BCUT2D eigenvalue weighted by molar-refractivity contribution is 0.598. The van der Waals surface area contributed by atoms with Crippen LogP contribution in [0.25, 0.3) is 156 Å². The minimum atomic E-state index is -3.31. The van der Waals surface area contributed by atoms with Gasteiger partial charge in [0.05, 0.1) is 42.9 Å². The average molecular weight is 1750 g/mol. The summed E-state index contributed by atoms with van der Waals surface area (Å²) in [5.41, 5.74) is 33.8. The second-order valence-corrected chi connectivity index (χ2v) is 44.7. The molecule has 0 spiro atoms. The first-order valence-electron chi connectivity index (χ1n) is 44.6. The molecule has 25 rings (SSSR count). The second kappa shape index (κ2) is 34.3. The molecular formula is C120H105N3O2S3Si. The first-order valence-corrected chi connectivity index (χ1v) is 50.7. The number of hydrogen-bond acceptors (Lipinski definition) is 4. The van der Waals surface area contributed by atoms with Gasteiger partial charge in [-0.1, -0.05) is 259 Å². The predicted octanol–water partition coefficient (Wildman–Crippen LogP) is 32.4. The lowest BCUT2D eigenvalue weighted by atomic mass is 9.99. The third-order valence-electron chi connectivity index (χ3n) is 25.7. The van der Waals surface area contributed by atoms with Crippen LogP contribution in [0.5, 0.6) is 0 Å². The van der Waals surface area contributed by atoms with Crippen LogP contribution < -0.4 is 10.4 Å². The Hall–Kier alpha value is -13.5. The smallest absolute Gasteiger partial charge is 0.207 e. The van der Waals surface area contributed by atoms with Crippen LogP contribution >= 0.6 is 22.7 Å². The van der Waals surface area contributed by atoms with Crippen molar-refractivity contribution >= 4 is 167 Å². The molecule has 0 N–H and O–H groups in total. The highest BCUT2D eigenvalue weighted by atomic mass is 32.2. The van der Waals surface area contributed by atoms with Crippen molar-refractivity contribution in [2.75, 3.05) is 0 Å². The molecule has 0 saturated heterocycles. The summed E-state index contributed by atoms with van der Waals surface area (Å²) in [5.74, 6) is 0. The molecular weight excluding hydrogens is 1640 g/mol. The number of sulfone groups is 1. The molecule has 7 heterocycles. The highest BCUT2D eigenvalue weighted by Crippen LogP contribution is 2.46. The molecule has 9 heteroatoms. The van der Waals surface area contributed by atoms with Gasteiger partial charge in [0.2, 0.25) is 9.84 Å². The van der Waals surface area contributed by atoms with Crippen LogP contribution in [-0.4, -0.2) is 30.2 Å². The lowest BCUT2D eigenvalue weighted by Crippen LogP contribution is -2.49. The quantitative estimate of drug-likeness (QED) is 0.131. The average Bonchev–Trinajstić information content (AvgIpc) is 1.55. The largest absolute Gasteiger partial charge is 0.309 e. The van der Waals surface area contributed by atoms with Crippen LogP contribution in [0.3, 0.4) is 0 Å². The van der Waals surface area contributed by atoms with E-state index in [9.17, 15) is 8.42 Å². The van der Waals surface area contributed by atoms with Crippen molar-refractivity contribution in [3.05, 3.63) is 424 Å². The van der Waals surface area contributed by atoms with Crippen molar-refractivity contribution in [1.29, 1.82) is 0 Å². The predicted molar refractivity (Wildman–Crippen MR) is 562 cm³/mol. The fraction of sp³-hybridized carbons (Fsp3) is 0.133. The van der Waals surface area contributed by atoms with E-state index in [1.807, 2.05) is 60.8 Å². The minimum Gasteiger partial charge on any atom is -0.309 e. The Labute approximate surface area is 766 Å². The van der Waals surface area contributed by atoms with Crippen LogP contribution in [0.1, 0.15) is 77.9 Å². The zero-order valence-corrected chi connectivity index (χ0v) is 79.7. The number of aromatic nitrogens is 3. The molecule has 634 valence electrons. The first kappa shape index (κ1) is 85.0. The third-order valence-corrected chi connectivity index (χ3v) is 33.3. The van der Waals surface area contributed by atoms with Gasteiger partial charge < -0.3 is 13.7 Å². The third kappa shape index (κ3) is 16.2. The zero-order chi connectivity index (χ0) is 89.6. The Kier molecular flexibility index (Phi) is 22.6. The van der Waals surface area contributed by atoms with Gasteiger partial charge in [0.15, 0.2) is 0 Å². The molecule has 0 fully saturated rings. The molecule has 0 radical (unpaired) electrons. The fourth-order valence-corrected chi connectivity index (χ4v) is 26.8. The Morgan fingerprint density at radius 2 is 0.504 bits per heavy atom. The van der Waals surface area contributed by atoms with Gasteiger partial charge in [-0.3, -0.25) is 0 Å². The van der Waals surface area contributed by atoms with Crippen LogP contribution in [0.2, 0.25) is 13.1 Å². The fourth-order valence-electron chi connectivity index (χ4n) is 19.3. The standard InChI is InChI=1S/C22H17N.2C20H17N.C16H18Si.C14H12O2S.2C14H12S/c1-14-10-16-8-9-17-11-15(2)13-20-22(17)21(16)19(12-14)23(20)18-6-4-3-5-7-18;1-14-8-10-19-17(12-14)18-13-15(2)9-11-20(18)21(19)16-6-4-3-5-7-16;1-14-8-10-17-18-11-9-15(2)13-20(18)21(19(17)12-14)16-6-4-3-5-7-16;1-11-5-7-13-14-8-6-12(2)10-16(14)17(3,4)15(13)9-11;1-9-3-5-11-12-6-4-10(2)8-14(12)17(15,16)13(11)7-9;1-9-3-5-13-11(7-9)12-8-10(2)4-6-14(12)15-13;1-9-3-5-11-12-6-4-10(2)8-14(12)15-13(11)7-9/h3-13H,1-2H3;2*3-13H,1-2H3;5-10H,1-4H3;3-8H,1-2H3;2*3-8H,1-2H3. The van der Waals surface area contributed by atoms with Crippen molar-refractivity contribution in [2.45, 2.75) is 120 Å². The van der Waals surface area contributed by atoms with E-state index in [1.165, 1.54) is 211 Å². The van der Waals surface area contributed by atoms with Gasteiger partial charge in [0, 0.05) is 101 Å². The molecule has 2 aliphatic rings. The number of nitrogens with zero attached hydrogens (tertiary/aromatic N) is 3. The molecule has 2 aliphatic heterocycles. The molecule has 0 unspecified atom stereocenters. The van der Waals surface area contributed by atoms with Crippen molar-refractivity contribution in [1.82, 2.24) is 13.7 Å². The molecule has 0 aliphatic carbocycles. The van der Waals surface area contributed by atoms with Gasteiger partial charge >= 0.3 is 0 Å². The number of benzene rings is 18. The monoisotopic (exact) mass is 1740 g/mol. The summed E-state index contributed by atoms with van der Waals surface area (Å²) >= 11 is 3.77. The maximum atomic E-state index is 12.4. The minimum absolute atomic E-state index is 0.443. The molecule has 0 atom stereocenters. The van der Waals surface area contributed by atoms with E-state index in [1.54, 1.807) is 22.5 Å². The summed E-state index contributed by atoms with van der Waals surface area (Å²) in [6, 6.07) is 124. The topological polar surface area (TPSA) is 48.9 Å². The van der Waals surface area contributed by atoms with Crippen molar-refractivity contribution < 1.29 is 8.42 Å². The summed E-state index contributed by atoms with van der Waals surface area (Å²) < 4.78 is 37.5. The van der Waals surface area contributed by atoms with Crippen molar-refractivity contribution in [3.8, 4) is 39.3 Å². The Morgan fingerprint density at radius 1 is 0.217 bits per heavy atom. The van der Waals surface area contributed by atoms with E-state index in [2.05, 4.69) is 419 Å². The maximum Gasteiger partial charge on any atom is 0.207 e. The Morgan fingerprint density at radius 3 is 0.899 bits per heavy atom. The lowest BCUT2D eigenvalue weighted by Gasteiger charge is -2.19. The number of aryl methyl sites for hydroxylation is 14. The number of hydrogen-bond donors (Lipinski definition) is 0. The van der Waals surface area contributed by atoms with E-state index in [0.717, 1.165) is 22.3 Å². The van der Waals surface area contributed by atoms with Crippen LogP contribution in [-0.2, 0) is 9.84 Å². The van der Waals surface area contributed by atoms with Gasteiger partial charge in [0.1, 0.15) is 8.07 Å². The molecule has 23 aromatic rings. The highest BCUT2D eigenvalue weighted by molar-refractivity contribution is 7.92. The van der Waals surface area contributed by atoms with Gasteiger partial charge in [-0.15, -0.1) is 22.7 Å². The molecule has 129 heavy (non-hydrogen) atoms. The van der Waals surface area contributed by atoms with E-state index in [4.69, 9.17) is 0 Å². The molecule has 0 saturated carbocycles. The number of fused-ring (bicyclic) bond motifs is 18. The van der Waals surface area contributed by atoms with Crippen LogP contribution in [0, 0.1) is 96.9 Å². The number of rotatable bonds is 3. The van der Waals surface area contributed by atoms with Crippen molar-refractivity contribution in [3.63, 3.8) is 0 Å². The first-order chi connectivity index (χ1) is 62.2. The summed E-state index contributed by atoms with van der Waals surface area (Å²) in [7, 11) is -4.75. The Bertz CT molecular complexity index is 8030. The summed E-state index contributed by atoms with van der Waals surface area (Å²) in [6.45, 7) is 34.7. The maximum absolute atomic E-state index is 12.4. The van der Waals surface area contributed by atoms with Gasteiger partial charge in [-0.2, -0.15) is 0 Å². The number of thiophene rings is 2. The van der Waals surface area contributed by atoms with Crippen LogP contribution in [0.15, 0.2) is 356 Å². The van der Waals surface area contributed by atoms with E-state index < -0.39 is 17.9 Å². The van der Waals surface area contributed by atoms with Crippen LogP contribution in [0.4, 0.5) is 0 Å². The number of para-hydroxylation sites is 3. The summed E-state index contributed by atoms with van der Waals surface area (Å²) in [6.07, 6.45) is 0. The summed E-state index contributed by atoms with van der Waals surface area (Å²) in [5, 5.41) is 19.5. The van der Waals surface area contributed by atoms with Gasteiger partial charge in [0.25, 0.3) is 0 Å². The normalized spacial score (nSPS) is 12.5. The summed E-state index contributed by atoms with van der Waals surface area (Å²) in [4.78, 5) is 0.885. The molecule has 5 aromatic heterocycles. The van der Waals surface area contributed by atoms with E-state index in [0.29, 0.717) is 9.79 Å². The van der Waals surface area contributed by atoms with E-state index in [-0.39, 0.29) is 0 Å². The van der Waals surface area contributed by atoms with Gasteiger partial charge in [-0.05, 0) is 307 Å². The molecule has 0 bridgehead atoms. The molecule has 5 nitrogen and oxygen atoms in total. The van der Waals surface area contributed by atoms with E-state index >= 15 is 0 Å². The second-order valence-electron chi connectivity index (χ2n) is 36.4. The molecule has 0 amide bonds. The highest BCUT2D eigenvalue weighted by Gasteiger charge is 2.38.